The first-order valence-electron chi connectivity index (χ1n) is 7.30. The molecule has 2 aromatic rings. The lowest BCUT2D eigenvalue weighted by Crippen LogP contribution is -2.28. The van der Waals surface area contributed by atoms with Crippen molar-refractivity contribution in [2.75, 3.05) is 18.4 Å². The SMILES string of the molecule is CNS(=O)(=O)c1cc(N(C)S(=O)(=O)c2ccc(Cl)cc2)c(C)cc1C. The van der Waals surface area contributed by atoms with Crippen LogP contribution in [0.15, 0.2) is 46.2 Å². The van der Waals surface area contributed by atoms with Gasteiger partial charge in [-0.25, -0.2) is 21.6 Å². The summed E-state index contributed by atoms with van der Waals surface area (Å²) in [4.78, 5) is 0.103. The normalized spacial score (nSPS) is 12.2. The van der Waals surface area contributed by atoms with Crippen LogP contribution in [0.5, 0.6) is 0 Å². The number of rotatable bonds is 5. The molecule has 0 heterocycles. The second-order valence-corrected chi connectivity index (χ2v) is 9.80. The quantitative estimate of drug-likeness (QED) is 0.833. The molecule has 2 aromatic carbocycles. The van der Waals surface area contributed by atoms with Gasteiger partial charge < -0.3 is 0 Å². The summed E-state index contributed by atoms with van der Waals surface area (Å²) in [5.74, 6) is 0. The van der Waals surface area contributed by atoms with E-state index >= 15 is 0 Å². The van der Waals surface area contributed by atoms with Crippen molar-refractivity contribution in [3.8, 4) is 0 Å². The molecule has 0 saturated heterocycles. The lowest BCUT2D eigenvalue weighted by Gasteiger charge is -2.23. The monoisotopic (exact) mass is 402 g/mol. The summed E-state index contributed by atoms with van der Waals surface area (Å²) < 4.78 is 53.3. The average Bonchev–Trinajstić information content (AvgIpc) is 2.54. The van der Waals surface area contributed by atoms with Gasteiger partial charge in [-0.2, -0.15) is 0 Å². The van der Waals surface area contributed by atoms with Gasteiger partial charge in [0.1, 0.15) is 0 Å². The van der Waals surface area contributed by atoms with Crippen LogP contribution in [-0.2, 0) is 20.0 Å². The smallest absolute Gasteiger partial charge is 0.264 e. The van der Waals surface area contributed by atoms with Crippen LogP contribution in [0.4, 0.5) is 5.69 Å². The Balaban J connectivity index is 2.61. The third kappa shape index (κ3) is 3.82. The maximum Gasteiger partial charge on any atom is 0.264 e. The first-order chi connectivity index (χ1) is 11.5. The molecule has 0 amide bonds. The number of sulfonamides is 2. The van der Waals surface area contributed by atoms with Gasteiger partial charge in [-0.1, -0.05) is 17.7 Å². The number of hydrogen-bond acceptors (Lipinski definition) is 4. The zero-order valence-electron chi connectivity index (χ0n) is 14.2. The molecular formula is C16H19ClN2O4S2. The molecule has 0 atom stereocenters. The molecule has 6 nitrogen and oxygen atoms in total. The Kier molecular flexibility index (Phi) is 5.48. The maximum absolute atomic E-state index is 12.8. The van der Waals surface area contributed by atoms with Crippen molar-refractivity contribution in [2.45, 2.75) is 23.6 Å². The lowest BCUT2D eigenvalue weighted by molar-refractivity contribution is 0.586. The van der Waals surface area contributed by atoms with Crippen molar-refractivity contribution < 1.29 is 16.8 Å². The van der Waals surface area contributed by atoms with Gasteiger partial charge in [-0.05, 0) is 62.4 Å². The van der Waals surface area contributed by atoms with Gasteiger partial charge in [0, 0.05) is 12.1 Å². The molecule has 0 unspecified atom stereocenters. The fraction of sp³-hybridized carbons (Fsp3) is 0.250. The Morgan fingerprint density at radius 1 is 0.960 bits per heavy atom. The van der Waals surface area contributed by atoms with E-state index in [-0.39, 0.29) is 15.5 Å². The van der Waals surface area contributed by atoms with E-state index in [1.54, 1.807) is 19.9 Å². The van der Waals surface area contributed by atoms with E-state index in [0.29, 0.717) is 16.1 Å². The molecule has 0 aliphatic rings. The van der Waals surface area contributed by atoms with Crippen LogP contribution in [0.1, 0.15) is 11.1 Å². The molecule has 0 radical (unpaired) electrons. The van der Waals surface area contributed by atoms with Crippen molar-refractivity contribution in [1.82, 2.24) is 4.72 Å². The Morgan fingerprint density at radius 2 is 1.52 bits per heavy atom. The van der Waals surface area contributed by atoms with Crippen LogP contribution < -0.4 is 9.03 Å². The minimum Gasteiger partial charge on any atom is -0.269 e. The molecule has 0 aliphatic heterocycles. The summed E-state index contributed by atoms with van der Waals surface area (Å²) in [6, 6.07) is 8.80. The molecule has 136 valence electrons. The summed E-state index contributed by atoms with van der Waals surface area (Å²) in [6.07, 6.45) is 0. The van der Waals surface area contributed by atoms with E-state index in [4.69, 9.17) is 11.6 Å². The third-order valence-corrected chi connectivity index (χ3v) is 7.46. The fourth-order valence-electron chi connectivity index (χ4n) is 2.45. The van der Waals surface area contributed by atoms with Crippen molar-refractivity contribution in [3.63, 3.8) is 0 Å². The molecule has 0 spiro atoms. The zero-order chi connectivity index (χ0) is 19.0. The first kappa shape index (κ1) is 19.7. The summed E-state index contributed by atoms with van der Waals surface area (Å²) in [7, 11) is -4.87. The molecular weight excluding hydrogens is 384 g/mol. The highest BCUT2D eigenvalue weighted by atomic mass is 35.5. The van der Waals surface area contributed by atoms with E-state index in [0.717, 1.165) is 4.31 Å². The number of anilines is 1. The van der Waals surface area contributed by atoms with Crippen molar-refractivity contribution in [2.24, 2.45) is 0 Å². The molecule has 0 fully saturated rings. The molecule has 25 heavy (non-hydrogen) atoms. The second-order valence-electron chi connectivity index (χ2n) is 5.54. The Morgan fingerprint density at radius 3 is 2.04 bits per heavy atom. The Hall–Kier alpha value is -1.61. The minimum absolute atomic E-state index is 0.0359. The number of nitrogens with zero attached hydrogens (tertiary/aromatic N) is 1. The second kappa shape index (κ2) is 6.95. The van der Waals surface area contributed by atoms with Crippen LogP contribution in [0.2, 0.25) is 5.02 Å². The van der Waals surface area contributed by atoms with Crippen molar-refractivity contribution in [3.05, 3.63) is 52.5 Å². The summed E-state index contributed by atoms with van der Waals surface area (Å²) in [5, 5.41) is 0.426. The maximum atomic E-state index is 12.8. The highest BCUT2D eigenvalue weighted by Crippen LogP contribution is 2.30. The number of nitrogens with one attached hydrogen (secondary N) is 1. The minimum atomic E-state index is -3.85. The number of halogens is 1. The van der Waals surface area contributed by atoms with Gasteiger partial charge in [0.2, 0.25) is 10.0 Å². The van der Waals surface area contributed by atoms with Gasteiger partial charge in [0.15, 0.2) is 0 Å². The van der Waals surface area contributed by atoms with E-state index in [2.05, 4.69) is 4.72 Å². The van der Waals surface area contributed by atoms with E-state index in [1.807, 2.05) is 0 Å². The van der Waals surface area contributed by atoms with Gasteiger partial charge in [-0.15, -0.1) is 0 Å². The molecule has 0 aromatic heterocycles. The Labute approximate surface area is 153 Å². The van der Waals surface area contributed by atoms with Crippen LogP contribution in [0.3, 0.4) is 0 Å². The zero-order valence-corrected chi connectivity index (χ0v) is 16.6. The largest absolute Gasteiger partial charge is 0.269 e. The van der Waals surface area contributed by atoms with Gasteiger partial charge in [0.05, 0.1) is 15.5 Å². The van der Waals surface area contributed by atoms with Crippen LogP contribution in [-0.4, -0.2) is 30.9 Å². The van der Waals surface area contributed by atoms with Crippen LogP contribution in [0.25, 0.3) is 0 Å². The predicted octanol–water partition coefficient (Wildman–Crippen LogP) is 2.69. The van der Waals surface area contributed by atoms with E-state index in [1.165, 1.54) is 44.4 Å². The first-order valence-corrected chi connectivity index (χ1v) is 10.6. The van der Waals surface area contributed by atoms with Gasteiger partial charge >= 0.3 is 0 Å². The number of benzene rings is 2. The summed E-state index contributed by atoms with van der Waals surface area (Å²) in [6.45, 7) is 3.39. The lowest BCUT2D eigenvalue weighted by atomic mass is 10.1. The number of hydrogen-bond donors (Lipinski definition) is 1. The van der Waals surface area contributed by atoms with Crippen LogP contribution >= 0.6 is 11.6 Å². The van der Waals surface area contributed by atoms with Crippen LogP contribution in [0, 0.1) is 13.8 Å². The Bertz CT molecular complexity index is 1000. The van der Waals surface area contributed by atoms with Crippen molar-refractivity contribution in [1.29, 1.82) is 0 Å². The molecule has 0 aliphatic carbocycles. The van der Waals surface area contributed by atoms with Gasteiger partial charge in [-0.3, -0.25) is 4.31 Å². The van der Waals surface area contributed by atoms with Crippen molar-refractivity contribution >= 4 is 37.3 Å². The van der Waals surface area contributed by atoms with Gasteiger partial charge in [0.25, 0.3) is 10.0 Å². The number of aryl methyl sites for hydroxylation is 2. The highest BCUT2D eigenvalue weighted by Gasteiger charge is 2.25. The summed E-state index contributed by atoms with van der Waals surface area (Å²) in [5.41, 5.74) is 1.47. The highest BCUT2D eigenvalue weighted by molar-refractivity contribution is 7.92. The van der Waals surface area contributed by atoms with E-state index < -0.39 is 20.0 Å². The average molecular weight is 403 g/mol. The standard InChI is InChI=1S/C16H19ClN2O4S2/c1-11-9-12(2)16(24(20,21)18-3)10-15(11)19(4)25(22,23)14-7-5-13(17)6-8-14/h5-10,18H,1-4H3. The third-order valence-electron chi connectivity index (χ3n) is 3.86. The molecule has 9 heteroatoms. The molecule has 2 rings (SSSR count). The molecule has 0 bridgehead atoms. The summed E-state index contributed by atoms with van der Waals surface area (Å²) >= 11 is 5.81. The topological polar surface area (TPSA) is 83.6 Å². The molecule has 0 saturated carbocycles. The predicted molar refractivity (Wildman–Crippen MR) is 99.2 cm³/mol. The fourth-order valence-corrected chi connectivity index (χ4v) is 4.80. The molecule has 1 N–H and O–H groups in total. The van der Waals surface area contributed by atoms with E-state index in [9.17, 15) is 16.8 Å².